The van der Waals surface area contributed by atoms with Gasteiger partial charge < -0.3 is 19.5 Å². The molecule has 0 saturated carbocycles. The quantitative estimate of drug-likeness (QED) is 0.515. The molecule has 1 spiro atoms. The lowest BCUT2D eigenvalue weighted by molar-refractivity contribution is 0.0580. The second-order valence-corrected chi connectivity index (χ2v) is 10.4. The molecule has 3 aliphatic heterocycles. The van der Waals surface area contributed by atoms with Crippen molar-refractivity contribution in [2.24, 2.45) is 0 Å². The molecule has 1 N–H and O–H groups in total. The van der Waals surface area contributed by atoms with Gasteiger partial charge in [0.05, 0.1) is 5.54 Å². The van der Waals surface area contributed by atoms with E-state index in [1.807, 2.05) is 34.9 Å². The summed E-state index contributed by atoms with van der Waals surface area (Å²) >= 11 is 0. The monoisotopic (exact) mass is 537 g/mol. The fourth-order valence-electron chi connectivity index (χ4n) is 6.19. The van der Waals surface area contributed by atoms with Crippen LogP contribution >= 0.6 is 0 Å². The molecule has 2 aromatic carbocycles. The topological polar surface area (TPSA) is 80.6 Å². The largest absolute Gasteiger partial charge is 0.483 e. The predicted octanol–water partition coefficient (Wildman–Crippen LogP) is 4.06. The molecule has 202 valence electrons. The minimum Gasteiger partial charge on any atom is -0.483 e. The van der Waals surface area contributed by atoms with Gasteiger partial charge in [0.25, 0.3) is 11.8 Å². The standard InChI is InChI=1S/C29H26F3N3O4/c30-18-12-20(31)19(21(32)13-18)14-33-27(37)23-22-8-10-29-9-4-5-11-34(16-29)28(38)24(35(22)29)26(25(23)36)39-15-17-6-2-1-3-7-17/h1-3,6-7,12-13H,4-5,8-11,14-16H2,(H,33,37)/t29-/m0/s1. The SMILES string of the molecule is O=C(NCc1c(F)cc(F)cc1F)c1c2n3c(c(OCc4ccccc4)c1=O)C(=O)N1CCCC[C@]3(CC2)C1. The predicted molar refractivity (Wildman–Crippen MR) is 135 cm³/mol. The minimum absolute atomic E-state index is 0.00969. The molecule has 1 saturated heterocycles. The third kappa shape index (κ3) is 4.18. The highest BCUT2D eigenvalue weighted by Crippen LogP contribution is 2.45. The van der Waals surface area contributed by atoms with Crippen LogP contribution in [0.5, 0.6) is 5.75 Å². The smallest absolute Gasteiger partial charge is 0.274 e. The zero-order chi connectivity index (χ0) is 27.3. The van der Waals surface area contributed by atoms with Crippen molar-refractivity contribution in [1.82, 2.24) is 14.8 Å². The van der Waals surface area contributed by atoms with Crippen LogP contribution in [-0.2, 0) is 25.1 Å². The van der Waals surface area contributed by atoms with E-state index in [0.717, 1.165) is 24.8 Å². The van der Waals surface area contributed by atoms with Crippen molar-refractivity contribution in [3.8, 4) is 5.75 Å². The Hall–Kier alpha value is -4.08. The van der Waals surface area contributed by atoms with Gasteiger partial charge in [-0.05, 0) is 37.7 Å². The van der Waals surface area contributed by atoms with Crippen molar-refractivity contribution in [3.05, 3.63) is 98.2 Å². The Kier molecular flexibility index (Phi) is 6.20. The van der Waals surface area contributed by atoms with Gasteiger partial charge in [-0.2, -0.15) is 0 Å². The zero-order valence-electron chi connectivity index (χ0n) is 21.1. The normalized spacial score (nSPS) is 19.5. The van der Waals surface area contributed by atoms with Gasteiger partial charge in [0.2, 0.25) is 5.43 Å². The molecule has 2 amide bonds. The molecule has 39 heavy (non-hydrogen) atoms. The maximum atomic E-state index is 14.2. The van der Waals surface area contributed by atoms with Crippen molar-refractivity contribution < 1.29 is 27.5 Å². The molecule has 10 heteroatoms. The van der Waals surface area contributed by atoms with Gasteiger partial charge in [-0.15, -0.1) is 0 Å². The number of nitrogens with zero attached hydrogens (tertiary/aromatic N) is 2. The summed E-state index contributed by atoms with van der Waals surface area (Å²) in [7, 11) is 0. The first-order valence-electron chi connectivity index (χ1n) is 13.0. The number of pyridine rings is 1. The lowest BCUT2D eigenvalue weighted by Crippen LogP contribution is -2.52. The lowest BCUT2D eigenvalue weighted by atomic mass is 9.89. The van der Waals surface area contributed by atoms with E-state index in [-0.39, 0.29) is 29.5 Å². The molecule has 0 radical (unpaired) electrons. The molecule has 0 unspecified atom stereocenters. The number of hydrogen-bond donors (Lipinski definition) is 1. The summed E-state index contributed by atoms with van der Waals surface area (Å²) < 4.78 is 49.6. The summed E-state index contributed by atoms with van der Waals surface area (Å²) in [5, 5.41) is 2.43. The molecule has 1 aromatic heterocycles. The average molecular weight is 538 g/mol. The van der Waals surface area contributed by atoms with Crippen LogP contribution in [0, 0.1) is 17.5 Å². The summed E-state index contributed by atoms with van der Waals surface area (Å²) in [5.41, 5.74) is -0.567. The molecule has 1 fully saturated rings. The van der Waals surface area contributed by atoms with Gasteiger partial charge >= 0.3 is 0 Å². The van der Waals surface area contributed by atoms with Gasteiger partial charge in [0.15, 0.2) is 11.4 Å². The number of benzene rings is 2. The van der Waals surface area contributed by atoms with Crippen LogP contribution in [0.4, 0.5) is 13.2 Å². The number of carbonyl (C=O) groups excluding carboxylic acids is 2. The van der Waals surface area contributed by atoms with E-state index in [4.69, 9.17) is 4.74 Å². The van der Waals surface area contributed by atoms with E-state index in [9.17, 15) is 27.6 Å². The summed E-state index contributed by atoms with van der Waals surface area (Å²) in [4.78, 5) is 42.8. The summed E-state index contributed by atoms with van der Waals surface area (Å²) in [5.74, 6) is -4.70. The molecule has 6 rings (SSSR count). The highest BCUT2D eigenvalue weighted by Gasteiger charge is 2.50. The Morgan fingerprint density at radius 3 is 2.51 bits per heavy atom. The molecule has 0 aliphatic carbocycles. The van der Waals surface area contributed by atoms with Gasteiger partial charge in [0.1, 0.15) is 29.6 Å². The van der Waals surface area contributed by atoms with Crippen LogP contribution in [0.2, 0.25) is 0 Å². The van der Waals surface area contributed by atoms with Crippen molar-refractivity contribution in [2.75, 3.05) is 13.1 Å². The number of ether oxygens (including phenoxy) is 1. The Bertz CT molecular complexity index is 1530. The van der Waals surface area contributed by atoms with E-state index in [0.29, 0.717) is 43.8 Å². The van der Waals surface area contributed by atoms with Crippen molar-refractivity contribution in [1.29, 1.82) is 0 Å². The zero-order valence-corrected chi connectivity index (χ0v) is 21.1. The van der Waals surface area contributed by atoms with Crippen molar-refractivity contribution >= 4 is 11.8 Å². The van der Waals surface area contributed by atoms with Gasteiger partial charge in [-0.3, -0.25) is 14.4 Å². The van der Waals surface area contributed by atoms with E-state index >= 15 is 0 Å². The second-order valence-electron chi connectivity index (χ2n) is 10.4. The number of rotatable bonds is 6. The van der Waals surface area contributed by atoms with Gasteiger partial charge in [-0.1, -0.05) is 30.3 Å². The van der Waals surface area contributed by atoms with Gasteiger partial charge in [0, 0.05) is 43.0 Å². The number of carbonyl (C=O) groups is 2. The Balaban J connectivity index is 1.45. The Morgan fingerprint density at radius 2 is 1.77 bits per heavy atom. The molecule has 3 aromatic rings. The third-order valence-electron chi connectivity index (χ3n) is 8.01. The number of fused-ring (bicyclic) bond motifs is 1. The van der Waals surface area contributed by atoms with E-state index < -0.39 is 46.4 Å². The Labute approximate surface area is 222 Å². The van der Waals surface area contributed by atoms with Crippen LogP contribution in [0.15, 0.2) is 47.3 Å². The maximum Gasteiger partial charge on any atom is 0.274 e. The highest BCUT2D eigenvalue weighted by molar-refractivity contribution is 6.00. The number of aromatic nitrogens is 1. The first kappa shape index (κ1) is 25.2. The molecule has 3 aliphatic rings. The van der Waals surface area contributed by atoms with Crippen molar-refractivity contribution in [2.45, 2.75) is 50.8 Å². The second kappa shape index (κ2) is 9.59. The van der Waals surface area contributed by atoms with Crippen LogP contribution in [0.25, 0.3) is 0 Å². The van der Waals surface area contributed by atoms with Gasteiger partial charge in [-0.25, -0.2) is 13.2 Å². The first-order valence-corrected chi connectivity index (χ1v) is 13.0. The van der Waals surface area contributed by atoms with Crippen LogP contribution in [0.1, 0.15) is 63.4 Å². The average Bonchev–Trinajstić information content (AvgIpc) is 3.14. The first-order chi connectivity index (χ1) is 18.8. The molecule has 7 nitrogen and oxygen atoms in total. The molecular weight excluding hydrogens is 511 g/mol. The fraction of sp³-hybridized carbons (Fsp3) is 0.345. The van der Waals surface area contributed by atoms with E-state index in [2.05, 4.69) is 5.32 Å². The minimum atomic E-state index is -1.14. The highest BCUT2D eigenvalue weighted by atomic mass is 19.1. The summed E-state index contributed by atoms with van der Waals surface area (Å²) in [6.45, 7) is 0.490. The molecule has 2 bridgehead atoms. The number of halogens is 3. The summed E-state index contributed by atoms with van der Waals surface area (Å²) in [6.07, 6.45) is 3.55. The lowest BCUT2D eigenvalue weighted by Gasteiger charge is -2.42. The Morgan fingerprint density at radius 1 is 1.03 bits per heavy atom. The van der Waals surface area contributed by atoms with Crippen molar-refractivity contribution in [3.63, 3.8) is 0 Å². The number of hydrogen-bond acceptors (Lipinski definition) is 4. The van der Waals surface area contributed by atoms with E-state index in [1.165, 1.54) is 0 Å². The molecular formula is C29H26F3N3O4. The van der Waals surface area contributed by atoms with Crippen LogP contribution in [-0.4, -0.2) is 34.4 Å². The van der Waals surface area contributed by atoms with Crippen LogP contribution < -0.4 is 15.5 Å². The van der Waals surface area contributed by atoms with Crippen LogP contribution in [0.3, 0.4) is 0 Å². The third-order valence-corrected chi connectivity index (χ3v) is 8.01. The molecule has 4 heterocycles. The fourth-order valence-corrected chi connectivity index (χ4v) is 6.19. The number of nitrogens with one attached hydrogen (secondary N) is 1. The maximum absolute atomic E-state index is 14.2. The molecule has 1 atom stereocenters. The summed E-state index contributed by atoms with van der Waals surface area (Å²) in [6, 6.07) is 10.2. The number of amides is 2. The van der Waals surface area contributed by atoms with E-state index in [1.54, 1.807) is 4.90 Å².